The summed E-state index contributed by atoms with van der Waals surface area (Å²) in [4.78, 5) is 76.5. The highest BCUT2D eigenvalue weighted by molar-refractivity contribution is 5.96. The van der Waals surface area contributed by atoms with Crippen LogP contribution in [0.15, 0.2) is 4.99 Å². The van der Waals surface area contributed by atoms with Crippen molar-refractivity contribution < 1.29 is 33.9 Å². The van der Waals surface area contributed by atoms with Crippen molar-refractivity contribution in [2.45, 2.75) is 75.5 Å². The van der Waals surface area contributed by atoms with Crippen LogP contribution in [0.3, 0.4) is 0 Å². The maximum atomic E-state index is 13.1. The van der Waals surface area contributed by atoms with E-state index in [1.165, 1.54) is 0 Å². The number of nitrogens with one attached hydrogen (secondary N) is 4. The Balaban J connectivity index is 2.99. The molecular weight excluding hydrogens is 490 g/mol. The molecule has 1 fully saturated rings. The molecule has 1 rings (SSSR count). The lowest BCUT2D eigenvalue weighted by molar-refractivity contribution is -0.143. The highest BCUT2D eigenvalue weighted by Gasteiger charge is 2.33. The fourth-order valence-corrected chi connectivity index (χ4v) is 3.56. The number of primary amides is 1. The lowest BCUT2D eigenvalue weighted by Crippen LogP contribution is -2.57. The lowest BCUT2D eigenvalue weighted by Gasteiger charge is -2.25. The molecular formula is C21H37N9O7. The zero-order valence-electron chi connectivity index (χ0n) is 20.5. The van der Waals surface area contributed by atoms with Crippen LogP contribution in [0.1, 0.15) is 51.4 Å². The predicted molar refractivity (Wildman–Crippen MR) is 131 cm³/mol. The molecule has 0 aliphatic carbocycles. The van der Waals surface area contributed by atoms with Crippen molar-refractivity contribution in [2.75, 3.05) is 13.1 Å². The van der Waals surface area contributed by atoms with Gasteiger partial charge >= 0.3 is 5.97 Å². The number of aliphatic carboxylic acids is 1. The monoisotopic (exact) mass is 527 g/mol. The third-order valence-corrected chi connectivity index (χ3v) is 5.49. The molecule has 0 spiro atoms. The number of amides is 5. The molecule has 1 heterocycles. The van der Waals surface area contributed by atoms with E-state index >= 15 is 0 Å². The van der Waals surface area contributed by atoms with E-state index in [0.717, 1.165) is 0 Å². The van der Waals surface area contributed by atoms with Crippen molar-refractivity contribution in [3.8, 4) is 0 Å². The largest absolute Gasteiger partial charge is 0.480 e. The van der Waals surface area contributed by atoms with Gasteiger partial charge in [-0.3, -0.25) is 29.0 Å². The number of nitrogens with zero attached hydrogens (tertiary/aromatic N) is 1. The first-order chi connectivity index (χ1) is 17.4. The zero-order chi connectivity index (χ0) is 28.0. The normalized spacial score (nSPS) is 17.0. The molecule has 0 saturated carbocycles. The summed E-state index contributed by atoms with van der Waals surface area (Å²) in [6.07, 6.45) is 1.29. The third kappa shape index (κ3) is 12.0. The molecule has 4 atom stereocenters. The van der Waals surface area contributed by atoms with Crippen molar-refractivity contribution in [3.63, 3.8) is 0 Å². The Kier molecular flexibility index (Phi) is 13.4. The van der Waals surface area contributed by atoms with Crippen molar-refractivity contribution in [3.05, 3.63) is 0 Å². The number of guanidine groups is 1. The minimum absolute atomic E-state index is 0.103. The van der Waals surface area contributed by atoms with Crippen LogP contribution in [0.2, 0.25) is 0 Å². The van der Waals surface area contributed by atoms with Gasteiger partial charge in [0.15, 0.2) is 5.96 Å². The summed E-state index contributed by atoms with van der Waals surface area (Å²) in [6, 6.07) is -4.67. The first-order valence-corrected chi connectivity index (χ1v) is 11.9. The number of nitrogens with two attached hydrogens (primary N) is 4. The molecule has 1 aliphatic rings. The summed E-state index contributed by atoms with van der Waals surface area (Å²) in [5, 5.41) is 19.1. The number of unbranched alkanes of at least 4 members (excludes halogenated alkanes) is 1. The Morgan fingerprint density at radius 2 is 1.54 bits per heavy atom. The molecule has 37 heavy (non-hydrogen) atoms. The number of carbonyl (C=O) groups excluding carboxylic acids is 5. The fraction of sp³-hybridized carbons (Fsp3) is 0.667. The van der Waals surface area contributed by atoms with Crippen molar-refractivity contribution in [1.82, 2.24) is 21.3 Å². The number of hydrogen-bond donors (Lipinski definition) is 9. The van der Waals surface area contributed by atoms with E-state index in [-0.39, 0.29) is 44.1 Å². The molecule has 0 radical (unpaired) electrons. The molecule has 1 aliphatic heterocycles. The van der Waals surface area contributed by atoms with Gasteiger partial charge < -0.3 is 49.3 Å². The van der Waals surface area contributed by atoms with Crippen molar-refractivity contribution in [1.29, 1.82) is 0 Å². The Labute approximate surface area is 213 Å². The summed E-state index contributed by atoms with van der Waals surface area (Å²) in [5.41, 5.74) is 21.2. The van der Waals surface area contributed by atoms with E-state index in [0.29, 0.717) is 25.8 Å². The summed E-state index contributed by atoms with van der Waals surface area (Å²) in [6.45, 7) is 0.508. The Bertz CT molecular complexity index is 876. The minimum Gasteiger partial charge on any atom is -0.480 e. The van der Waals surface area contributed by atoms with Gasteiger partial charge in [-0.2, -0.15) is 0 Å². The molecule has 1 saturated heterocycles. The van der Waals surface area contributed by atoms with E-state index in [4.69, 9.17) is 22.9 Å². The van der Waals surface area contributed by atoms with E-state index in [1.807, 2.05) is 0 Å². The fourth-order valence-electron chi connectivity index (χ4n) is 3.56. The molecule has 5 amide bonds. The van der Waals surface area contributed by atoms with Gasteiger partial charge in [0.25, 0.3) is 0 Å². The lowest BCUT2D eigenvalue weighted by atomic mass is 10.0. The number of carbonyl (C=O) groups is 6. The van der Waals surface area contributed by atoms with Crippen LogP contribution in [-0.4, -0.2) is 83.8 Å². The number of carboxylic acids is 1. The molecule has 13 N–H and O–H groups in total. The first kappa shape index (κ1) is 31.1. The summed E-state index contributed by atoms with van der Waals surface area (Å²) >= 11 is 0. The SMILES string of the molecule is NCCCC[C@H](NC(=O)[C@H](CCCN=C(N)N)NC(=O)[C@@H]1CCC(=O)N1)C(=O)N[C@@H](CC(N)=O)C(=O)O. The molecule has 208 valence electrons. The van der Waals surface area contributed by atoms with Gasteiger partial charge in [-0.1, -0.05) is 0 Å². The van der Waals surface area contributed by atoms with Crippen LogP contribution in [0.5, 0.6) is 0 Å². The number of carboxylic acid groups (broad SMARTS) is 1. The Hall–Kier alpha value is -3.95. The van der Waals surface area contributed by atoms with E-state index in [2.05, 4.69) is 26.3 Å². The number of aliphatic imine (C=N–C) groups is 1. The molecule has 16 heteroatoms. The third-order valence-electron chi connectivity index (χ3n) is 5.49. The van der Waals surface area contributed by atoms with Gasteiger partial charge in [-0.05, 0) is 45.1 Å². The zero-order valence-corrected chi connectivity index (χ0v) is 20.5. The predicted octanol–water partition coefficient (Wildman–Crippen LogP) is -4.14. The van der Waals surface area contributed by atoms with E-state index < -0.39 is 60.2 Å². The van der Waals surface area contributed by atoms with Gasteiger partial charge in [0.2, 0.25) is 29.5 Å². The maximum Gasteiger partial charge on any atom is 0.326 e. The second-order valence-electron chi connectivity index (χ2n) is 8.58. The second-order valence-corrected chi connectivity index (χ2v) is 8.58. The molecule has 0 aromatic carbocycles. The summed E-state index contributed by atoms with van der Waals surface area (Å²) < 4.78 is 0. The molecule has 0 unspecified atom stereocenters. The van der Waals surface area contributed by atoms with Crippen LogP contribution in [0, 0.1) is 0 Å². The van der Waals surface area contributed by atoms with Gasteiger partial charge in [0, 0.05) is 13.0 Å². The van der Waals surface area contributed by atoms with Crippen LogP contribution in [-0.2, 0) is 28.8 Å². The van der Waals surface area contributed by atoms with Crippen LogP contribution in [0.4, 0.5) is 0 Å². The molecule has 0 bridgehead atoms. The highest BCUT2D eigenvalue weighted by atomic mass is 16.4. The van der Waals surface area contributed by atoms with Gasteiger partial charge in [0.05, 0.1) is 6.42 Å². The second kappa shape index (κ2) is 15.9. The van der Waals surface area contributed by atoms with Crippen LogP contribution < -0.4 is 44.2 Å². The maximum absolute atomic E-state index is 13.1. The highest BCUT2D eigenvalue weighted by Crippen LogP contribution is 2.09. The van der Waals surface area contributed by atoms with Gasteiger partial charge in [-0.25, -0.2) is 4.79 Å². The van der Waals surface area contributed by atoms with E-state index in [9.17, 15) is 33.9 Å². The Morgan fingerprint density at radius 3 is 2.05 bits per heavy atom. The topological polar surface area (TPSA) is 287 Å². The summed E-state index contributed by atoms with van der Waals surface area (Å²) in [5.74, 6) is -4.94. The number of hydrogen-bond acceptors (Lipinski definition) is 8. The first-order valence-electron chi connectivity index (χ1n) is 11.9. The average molecular weight is 528 g/mol. The van der Waals surface area contributed by atoms with Crippen molar-refractivity contribution in [2.24, 2.45) is 27.9 Å². The summed E-state index contributed by atoms with van der Waals surface area (Å²) in [7, 11) is 0. The molecule has 0 aromatic heterocycles. The van der Waals surface area contributed by atoms with Crippen molar-refractivity contribution >= 4 is 41.5 Å². The van der Waals surface area contributed by atoms with Crippen LogP contribution >= 0.6 is 0 Å². The molecule has 16 nitrogen and oxygen atoms in total. The average Bonchev–Trinajstić information content (AvgIpc) is 3.25. The van der Waals surface area contributed by atoms with Gasteiger partial charge in [0.1, 0.15) is 24.2 Å². The standard InChI is InChI=1S/C21H37N9O7/c22-8-2-1-4-11(18(34)30-14(20(36)37)10-15(23)31)28-17(33)12(5-3-9-26-21(24)25)29-19(35)13-6-7-16(32)27-13/h11-14H,1-10,22H2,(H2,23,31)(H,27,32)(H,28,33)(H,29,35)(H,30,34)(H,36,37)(H4,24,25,26)/t11-,12-,13-,14-/m0/s1. The van der Waals surface area contributed by atoms with Crippen LogP contribution in [0.25, 0.3) is 0 Å². The Morgan fingerprint density at radius 1 is 0.946 bits per heavy atom. The quantitative estimate of drug-likeness (QED) is 0.0500. The number of rotatable bonds is 17. The van der Waals surface area contributed by atoms with Gasteiger partial charge in [-0.15, -0.1) is 0 Å². The molecule has 0 aromatic rings. The smallest absolute Gasteiger partial charge is 0.326 e. The minimum atomic E-state index is -1.58. The van der Waals surface area contributed by atoms with E-state index in [1.54, 1.807) is 0 Å².